The van der Waals surface area contributed by atoms with Gasteiger partial charge in [-0.15, -0.1) is 0 Å². The SMILES string of the molecule is COc1ccc(-n2nc(C(C)(C)C)cc2NC(=O)Nc2ccc(Oc3ccnc(C)n3)c3ccccc23)cn1. The van der Waals surface area contributed by atoms with E-state index in [1.807, 2.05) is 36.4 Å². The number of amides is 2. The van der Waals surface area contributed by atoms with Gasteiger partial charge < -0.3 is 14.8 Å². The number of benzene rings is 2. The Kier molecular flexibility index (Phi) is 6.84. The second-order valence-corrected chi connectivity index (χ2v) is 9.92. The topological polar surface area (TPSA) is 116 Å². The standard InChI is InChI=1S/C29H29N7O3/c1-18-30-15-14-27(32-18)39-23-12-11-22(20-8-6-7-9-21(20)23)33-28(37)34-25-16-24(29(2,3)4)35-36(25)19-10-13-26(38-5)31-17-19/h6-17H,1-5H3,(H2,33,34,37). The first-order valence-electron chi connectivity index (χ1n) is 12.4. The first kappa shape index (κ1) is 25.7. The van der Waals surface area contributed by atoms with E-state index in [1.165, 1.54) is 0 Å². The van der Waals surface area contributed by atoms with Gasteiger partial charge >= 0.3 is 6.03 Å². The van der Waals surface area contributed by atoms with Gasteiger partial charge in [0.2, 0.25) is 11.8 Å². The maximum absolute atomic E-state index is 13.2. The molecule has 0 bridgehead atoms. The molecule has 0 saturated carbocycles. The van der Waals surface area contributed by atoms with Crippen molar-refractivity contribution in [3.63, 3.8) is 0 Å². The number of carbonyl (C=O) groups excluding carboxylic acids is 1. The first-order chi connectivity index (χ1) is 18.7. The smallest absolute Gasteiger partial charge is 0.324 e. The summed E-state index contributed by atoms with van der Waals surface area (Å²) in [6.45, 7) is 8.00. The Bertz CT molecular complexity index is 1640. The summed E-state index contributed by atoms with van der Waals surface area (Å²) in [7, 11) is 1.56. The quantitative estimate of drug-likeness (QED) is 0.270. The molecule has 10 nitrogen and oxygen atoms in total. The molecule has 5 rings (SSSR count). The minimum Gasteiger partial charge on any atom is -0.481 e. The monoisotopic (exact) mass is 523 g/mol. The van der Waals surface area contributed by atoms with Crippen molar-refractivity contribution in [1.29, 1.82) is 0 Å². The third kappa shape index (κ3) is 5.64. The van der Waals surface area contributed by atoms with Crippen LogP contribution in [0, 0.1) is 6.92 Å². The molecule has 5 aromatic rings. The van der Waals surface area contributed by atoms with E-state index >= 15 is 0 Å². The Morgan fingerprint density at radius 2 is 1.72 bits per heavy atom. The van der Waals surface area contributed by atoms with Crippen molar-refractivity contribution in [3.8, 4) is 23.2 Å². The summed E-state index contributed by atoms with van der Waals surface area (Å²) < 4.78 is 12.9. The molecule has 0 aliphatic heterocycles. The molecule has 198 valence electrons. The third-order valence-corrected chi connectivity index (χ3v) is 5.99. The number of fused-ring (bicyclic) bond motifs is 1. The number of aryl methyl sites for hydroxylation is 1. The largest absolute Gasteiger partial charge is 0.481 e. The molecular weight excluding hydrogens is 494 g/mol. The lowest BCUT2D eigenvalue weighted by Gasteiger charge is -2.14. The number of ether oxygens (including phenoxy) is 2. The Labute approximate surface area is 226 Å². The van der Waals surface area contributed by atoms with E-state index in [9.17, 15) is 4.79 Å². The van der Waals surface area contributed by atoms with Gasteiger partial charge in [0.25, 0.3) is 0 Å². The molecule has 0 aliphatic carbocycles. The summed E-state index contributed by atoms with van der Waals surface area (Å²) in [5.74, 6) is 2.68. The molecule has 3 heterocycles. The van der Waals surface area contributed by atoms with Crippen LogP contribution in [0.15, 0.2) is 73.1 Å². The average molecular weight is 524 g/mol. The molecule has 0 fully saturated rings. The molecule has 39 heavy (non-hydrogen) atoms. The van der Waals surface area contributed by atoms with Gasteiger partial charge in [-0.1, -0.05) is 45.0 Å². The maximum Gasteiger partial charge on any atom is 0.324 e. The zero-order chi connectivity index (χ0) is 27.6. The van der Waals surface area contributed by atoms with Crippen LogP contribution in [0.4, 0.5) is 16.3 Å². The normalized spacial score (nSPS) is 11.3. The Morgan fingerprint density at radius 3 is 2.41 bits per heavy atom. The number of urea groups is 1. The van der Waals surface area contributed by atoms with Gasteiger partial charge in [0.05, 0.1) is 30.4 Å². The Hall–Kier alpha value is -4.99. The molecule has 2 amide bonds. The number of rotatable bonds is 6. The van der Waals surface area contributed by atoms with E-state index in [-0.39, 0.29) is 5.41 Å². The number of hydrogen-bond acceptors (Lipinski definition) is 7. The van der Waals surface area contributed by atoms with Crippen LogP contribution < -0.4 is 20.1 Å². The lowest BCUT2D eigenvalue weighted by atomic mass is 9.92. The van der Waals surface area contributed by atoms with E-state index in [4.69, 9.17) is 14.6 Å². The molecule has 0 atom stereocenters. The van der Waals surface area contributed by atoms with Crippen LogP contribution in [0.1, 0.15) is 32.3 Å². The molecule has 0 saturated heterocycles. The number of carbonyl (C=O) groups is 1. The predicted octanol–water partition coefficient (Wildman–Crippen LogP) is 6.26. The number of methoxy groups -OCH3 is 1. The molecule has 0 unspecified atom stereocenters. The van der Waals surface area contributed by atoms with E-state index in [2.05, 4.69) is 46.4 Å². The van der Waals surface area contributed by atoms with Gasteiger partial charge in [0.15, 0.2) is 0 Å². The number of aromatic nitrogens is 5. The predicted molar refractivity (Wildman–Crippen MR) is 150 cm³/mol. The Morgan fingerprint density at radius 1 is 0.923 bits per heavy atom. The van der Waals surface area contributed by atoms with Crippen LogP contribution in [0.25, 0.3) is 16.5 Å². The first-order valence-corrected chi connectivity index (χ1v) is 12.4. The van der Waals surface area contributed by atoms with Crippen molar-refractivity contribution in [1.82, 2.24) is 24.7 Å². The highest BCUT2D eigenvalue weighted by Crippen LogP contribution is 2.34. The summed E-state index contributed by atoms with van der Waals surface area (Å²) in [6.07, 6.45) is 3.30. The van der Waals surface area contributed by atoms with E-state index in [0.29, 0.717) is 40.5 Å². The zero-order valence-electron chi connectivity index (χ0n) is 22.4. The van der Waals surface area contributed by atoms with Crippen molar-refractivity contribution in [2.24, 2.45) is 0 Å². The van der Waals surface area contributed by atoms with Crippen molar-refractivity contribution in [2.45, 2.75) is 33.1 Å². The molecule has 10 heteroatoms. The van der Waals surface area contributed by atoms with E-state index < -0.39 is 6.03 Å². The van der Waals surface area contributed by atoms with Crippen molar-refractivity contribution in [3.05, 3.63) is 84.6 Å². The highest BCUT2D eigenvalue weighted by Gasteiger charge is 2.22. The summed E-state index contributed by atoms with van der Waals surface area (Å²) >= 11 is 0. The molecular formula is C29H29N7O3. The minimum absolute atomic E-state index is 0.230. The zero-order valence-corrected chi connectivity index (χ0v) is 22.4. The summed E-state index contributed by atoms with van der Waals surface area (Å²) in [5, 5.41) is 12.3. The lowest BCUT2D eigenvalue weighted by molar-refractivity contribution is 0.262. The third-order valence-electron chi connectivity index (χ3n) is 5.99. The molecule has 0 spiro atoms. The number of nitrogens with zero attached hydrogens (tertiary/aromatic N) is 5. The number of hydrogen-bond donors (Lipinski definition) is 2. The van der Waals surface area contributed by atoms with Crippen molar-refractivity contribution in [2.75, 3.05) is 17.7 Å². The van der Waals surface area contributed by atoms with E-state index in [0.717, 1.165) is 16.5 Å². The number of pyridine rings is 1. The van der Waals surface area contributed by atoms with Gasteiger partial charge in [-0.2, -0.15) is 10.1 Å². The fraction of sp³-hybridized carbons (Fsp3) is 0.207. The summed E-state index contributed by atoms with van der Waals surface area (Å²) in [4.78, 5) is 25.9. The summed E-state index contributed by atoms with van der Waals surface area (Å²) in [6, 6.07) is 18.0. The molecule has 0 aliphatic rings. The van der Waals surface area contributed by atoms with Crippen LogP contribution in [-0.2, 0) is 5.41 Å². The minimum atomic E-state index is -0.414. The van der Waals surface area contributed by atoms with Gasteiger partial charge in [0.1, 0.15) is 17.4 Å². The van der Waals surface area contributed by atoms with Crippen LogP contribution in [0.2, 0.25) is 0 Å². The van der Waals surface area contributed by atoms with Crippen LogP contribution in [0.3, 0.4) is 0 Å². The fourth-order valence-corrected chi connectivity index (χ4v) is 4.00. The Balaban J connectivity index is 1.42. The van der Waals surface area contributed by atoms with Crippen LogP contribution >= 0.6 is 0 Å². The van der Waals surface area contributed by atoms with Gasteiger partial charge in [-0.05, 0) is 25.1 Å². The molecule has 2 aromatic carbocycles. The van der Waals surface area contributed by atoms with Crippen LogP contribution in [0.5, 0.6) is 17.5 Å². The lowest BCUT2D eigenvalue weighted by Crippen LogP contribution is -2.21. The van der Waals surface area contributed by atoms with E-state index in [1.54, 1.807) is 55.4 Å². The van der Waals surface area contributed by atoms with Crippen LogP contribution in [-0.4, -0.2) is 37.9 Å². The molecule has 3 aromatic heterocycles. The fourth-order valence-electron chi connectivity index (χ4n) is 4.00. The van der Waals surface area contributed by atoms with Gasteiger partial charge in [-0.3, -0.25) is 5.32 Å². The molecule has 2 N–H and O–H groups in total. The summed E-state index contributed by atoms with van der Waals surface area (Å²) in [5.41, 5.74) is 1.91. The maximum atomic E-state index is 13.2. The second kappa shape index (κ2) is 10.4. The second-order valence-electron chi connectivity index (χ2n) is 9.92. The van der Waals surface area contributed by atoms with Crippen molar-refractivity contribution < 1.29 is 14.3 Å². The average Bonchev–Trinajstić information content (AvgIpc) is 3.34. The number of nitrogens with one attached hydrogen (secondary N) is 2. The molecule has 0 radical (unpaired) electrons. The number of anilines is 2. The highest BCUT2D eigenvalue weighted by molar-refractivity contribution is 6.07. The van der Waals surface area contributed by atoms with Crippen molar-refractivity contribution >= 4 is 28.3 Å². The highest BCUT2D eigenvalue weighted by atomic mass is 16.5. The van der Waals surface area contributed by atoms with Gasteiger partial charge in [-0.25, -0.2) is 19.4 Å². The van der Waals surface area contributed by atoms with Gasteiger partial charge in [0, 0.05) is 40.6 Å².